The number of aryl methyl sites for hydroxylation is 1. The number of nitrogens with one attached hydrogen (secondary N) is 1. The van der Waals surface area contributed by atoms with E-state index >= 15 is 0 Å². The monoisotopic (exact) mass is 429 g/mol. The quantitative estimate of drug-likeness (QED) is 0.699. The SMILES string of the molecule is CCc1cc(OC)c(OC)cc1CC(=O)N1CCC(c2ccc(NS(C)=O)cc2)=N1. The predicted octanol–water partition coefficient (Wildman–Crippen LogP) is 3.15. The van der Waals surface area contributed by atoms with Gasteiger partial charge in [-0.15, -0.1) is 0 Å². The van der Waals surface area contributed by atoms with Crippen LogP contribution in [0.3, 0.4) is 0 Å². The van der Waals surface area contributed by atoms with Crippen molar-refractivity contribution in [2.24, 2.45) is 5.10 Å². The number of benzene rings is 2. The first-order chi connectivity index (χ1) is 14.4. The average Bonchev–Trinajstić information content (AvgIpc) is 3.24. The Hall–Kier alpha value is -2.87. The Morgan fingerprint density at radius 2 is 1.77 bits per heavy atom. The third-order valence-electron chi connectivity index (χ3n) is 5.00. The van der Waals surface area contributed by atoms with E-state index in [0.29, 0.717) is 24.5 Å². The maximum absolute atomic E-state index is 12.9. The molecule has 2 aromatic rings. The van der Waals surface area contributed by atoms with Gasteiger partial charge in [0.2, 0.25) is 5.91 Å². The molecule has 2 aromatic carbocycles. The number of hydrazone groups is 1. The van der Waals surface area contributed by atoms with Gasteiger partial charge in [-0.2, -0.15) is 5.10 Å². The van der Waals surface area contributed by atoms with E-state index in [0.717, 1.165) is 34.5 Å². The van der Waals surface area contributed by atoms with Crippen LogP contribution in [0.15, 0.2) is 41.5 Å². The Morgan fingerprint density at radius 3 is 2.33 bits per heavy atom. The van der Waals surface area contributed by atoms with Crippen LogP contribution in [0.1, 0.15) is 30.0 Å². The predicted molar refractivity (Wildman–Crippen MR) is 120 cm³/mol. The number of carbonyl (C=O) groups excluding carboxylic acids is 1. The van der Waals surface area contributed by atoms with Gasteiger partial charge in [-0.1, -0.05) is 19.1 Å². The Labute approximate surface area is 179 Å². The number of amides is 1. The van der Waals surface area contributed by atoms with Crippen molar-refractivity contribution in [3.05, 3.63) is 53.1 Å². The fraction of sp³-hybridized carbons (Fsp3) is 0.364. The highest BCUT2D eigenvalue weighted by Crippen LogP contribution is 2.31. The van der Waals surface area contributed by atoms with Gasteiger partial charge in [-0.3, -0.25) is 4.79 Å². The zero-order chi connectivity index (χ0) is 21.7. The van der Waals surface area contributed by atoms with Gasteiger partial charge in [0.15, 0.2) is 11.5 Å². The van der Waals surface area contributed by atoms with E-state index in [1.165, 1.54) is 0 Å². The molecule has 1 unspecified atom stereocenters. The second-order valence-electron chi connectivity index (χ2n) is 6.95. The molecule has 1 N–H and O–H groups in total. The molecule has 0 radical (unpaired) electrons. The van der Waals surface area contributed by atoms with Gasteiger partial charge in [0.25, 0.3) is 0 Å². The lowest BCUT2D eigenvalue weighted by atomic mass is 10.0. The summed E-state index contributed by atoms with van der Waals surface area (Å²) in [5, 5.41) is 6.08. The van der Waals surface area contributed by atoms with E-state index in [-0.39, 0.29) is 12.3 Å². The summed E-state index contributed by atoms with van der Waals surface area (Å²) >= 11 is 0. The second-order valence-corrected chi connectivity index (χ2v) is 8.07. The molecule has 7 nitrogen and oxygen atoms in total. The highest BCUT2D eigenvalue weighted by molar-refractivity contribution is 7.85. The number of rotatable bonds is 8. The third kappa shape index (κ3) is 4.99. The summed E-state index contributed by atoms with van der Waals surface area (Å²) in [4.78, 5) is 12.9. The summed E-state index contributed by atoms with van der Waals surface area (Å²) in [6.07, 6.45) is 3.33. The van der Waals surface area contributed by atoms with Crippen molar-refractivity contribution in [1.82, 2.24) is 5.01 Å². The van der Waals surface area contributed by atoms with Crippen LogP contribution >= 0.6 is 0 Å². The van der Waals surface area contributed by atoms with Crippen LogP contribution in [0.25, 0.3) is 0 Å². The summed E-state index contributed by atoms with van der Waals surface area (Å²) in [6, 6.07) is 11.4. The summed E-state index contributed by atoms with van der Waals surface area (Å²) < 4.78 is 24.9. The zero-order valence-corrected chi connectivity index (χ0v) is 18.5. The minimum Gasteiger partial charge on any atom is -0.493 e. The third-order valence-corrected chi connectivity index (χ3v) is 5.52. The van der Waals surface area contributed by atoms with Gasteiger partial charge in [0, 0.05) is 18.4 Å². The summed E-state index contributed by atoms with van der Waals surface area (Å²) in [5.74, 6) is 1.23. The molecular weight excluding hydrogens is 402 g/mol. The smallest absolute Gasteiger partial charge is 0.247 e. The number of nitrogens with zero attached hydrogens (tertiary/aromatic N) is 2. The van der Waals surface area contributed by atoms with E-state index in [2.05, 4.69) is 9.82 Å². The molecule has 1 aliphatic heterocycles. The number of hydrogen-bond acceptors (Lipinski definition) is 5. The molecule has 0 bridgehead atoms. The molecule has 0 saturated carbocycles. The molecule has 1 heterocycles. The van der Waals surface area contributed by atoms with E-state index in [1.807, 2.05) is 43.3 Å². The van der Waals surface area contributed by atoms with Crippen molar-refractivity contribution in [3.63, 3.8) is 0 Å². The Bertz CT molecular complexity index is 973. The molecule has 1 atom stereocenters. The summed E-state index contributed by atoms with van der Waals surface area (Å²) in [7, 11) is 2.08. The van der Waals surface area contributed by atoms with E-state index in [1.54, 1.807) is 25.5 Å². The van der Waals surface area contributed by atoms with Crippen molar-refractivity contribution in [2.75, 3.05) is 31.7 Å². The number of methoxy groups -OCH3 is 2. The van der Waals surface area contributed by atoms with E-state index in [4.69, 9.17) is 9.47 Å². The number of hydrogen-bond donors (Lipinski definition) is 1. The normalized spacial score (nSPS) is 14.3. The van der Waals surface area contributed by atoms with Gasteiger partial charge in [0.05, 0.1) is 32.9 Å². The highest BCUT2D eigenvalue weighted by Gasteiger charge is 2.23. The lowest BCUT2D eigenvalue weighted by molar-refractivity contribution is -0.130. The second kappa shape index (κ2) is 9.75. The van der Waals surface area contributed by atoms with Crippen LogP contribution in [0, 0.1) is 0 Å². The van der Waals surface area contributed by atoms with Crippen molar-refractivity contribution < 1.29 is 18.5 Å². The Morgan fingerprint density at radius 1 is 1.13 bits per heavy atom. The fourth-order valence-electron chi connectivity index (χ4n) is 3.45. The molecule has 0 saturated heterocycles. The maximum atomic E-state index is 12.9. The van der Waals surface area contributed by atoms with Crippen LogP contribution in [-0.4, -0.2) is 47.9 Å². The van der Waals surface area contributed by atoms with Gasteiger partial charge in [-0.05, 0) is 47.4 Å². The lowest BCUT2D eigenvalue weighted by Gasteiger charge is -2.16. The molecule has 0 aromatic heterocycles. The minimum absolute atomic E-state index is 0.0495. The summed E-state index contributed by atoms with van der Waals surface area (Å²) in [5.41, 5.74) is 4.59. The zero-order valence-electron chi connectivity index (χ0n) is 17.7. The van der Waals surface area contributed by atoms with E-state index < -0.39 is 11.0 Å². The first kappa shape index (κ1) is 21.8. The number of ether oxygens (including phenoxy) is 2. The van der Waals surface area contributed by atoms with Crippen molar-refractivity contribution in [1.29, 1.82) is 0 Å². The Balaban J connectivity index is 1.74. The van der Waals surface area contributed by atoms with Crippen LogP contribution in [0.2, 0.25) is 0 Å². The molecule has 0 fully saturated rings. The van der Waals surface area contributed by atoms with Gasteiger partial charge in [-0.25, -0.2) is 9.22 Å². The first-order valence-corrected chi connectivity index (χ1v) is 11.3. The molecule has 0 aliphatic carbocycles. The lowest BCUT2D eigenvalue weighted by Crippen LogP contribution is -2.25. The topological polar surface area (TPSA) is 80.2 Å². The molecule has 0 spiro atoms. The molecule has 160 valence electrons. The number of anilines is 1. The van der Waals surface area contributed by atoms with Crippen LogP contribution in [0.4, 0.5) is 5.69 Å². The van der Waals surface area contributed by atoms with Gasteiger partial charge in [0.1, 0.15) is 11.0 Å². The summed E-state index contributed by atoms with van der Waals surface area (Å²) in [6.45, 7) is 2.61. The van der Waals surface area contributed by atoms with Crippen LogP contribution < -0.4 is 14.2 Å². The molecule has 1 aliphatic rings. The largest absolute Gasteiger partial charge is 0.493 e. The van der Waals surface area contributed by atoms with Crippen molar-refractivity contribution in [2.45, 2.75) is 26.2 Å². The standard InChI is InChI=1S/C22H27N3O4S/c1-5-15-12-20(28-2)21(29-3)13-17(15)14-22(26)25-11-10-19(23-25)16-6-8-18(9-7-16)24-30(4)27/h6-9,12-13,24H,5,10-11,14H2,1-4H3. The van der Waals surface area contributed by atoms with Crippen LogP contribution in [-0.2, 0) is 28.6 Å². The number of carbonyl (C=O) groups is 1. The average molecular weight is 430 g/mol. The highest BCUT2D eigenvalue weighted by atomic mass is 32.2. The fourth-order valence-corrected chi connectivity index (χ4v) is 3.92. The molecule has 1 amide bonds. The first-order valence-electron chi connectivity index (χ1n) is 9.77. The molecule has 8 heteroatoms. The molecule has 3 rings (SSSR count). The van der Waals surface area contributed by atoms with E-state index in [9.17, 15) is 9.00 Å². The molecule has 30 heavy (non-hydrogen) atoms. The van der Waals surface area contributed by atoms with Crippen molar-refractivity contribution in [3.8, 4) is 11.5 Å². The van der Waals surface area contributed by atoms with Crippen molar-refractivity contribution >= 4 is 28.3 Å². The van der Waals surface area contributed by atoms with Gasteiger partial charge >= 0.3 is 0 Å². The molecular formula is C22H27N3O4S. The van der Waals surface area contributed by atoms with Gasteiger partial charge < -0.3 is 14.2 Å². The minimum atomic E-state index is -1.11. The van der Waals surface area contributed by atoms with Crippen LogP contribution in [0.5, 0.6) is 11.5 Å². The maximum Gasteiger partial charge on any atom is 0.247 e. The Kier molecular flexibility index (Phi) is 7.10.